The first kappa shape index (κ1) is 14.1. The normalized spacial score (nSPS) is 12.0. The summed E-state index contributed by atoms with van der Waals surface area (Å²) in [6.07, 6.45) is -0.486. The van der Waals surface area contributed by atoms with Gasteiger partial charge in [0, 0.05) is 12.0 Å². The first-order valence-corrected chi connectivity index (χ1v) is 5.50. The van der Waals surface area contributed by atoms with Gasteiger partial charge in [-0.2, -0.15) is 0 Å². The van der Waals surface area contributed by atoms with Crippen molar-refractivity contribution >= 4 is 11.5 Å². The fraction of sp³-hybridized carbons (Fsp3) is 0.417. The number of hydrogen-bond acceptors (Lipinski definition) is 4. The van der Waals surface area contributed by atoms with Crippen molar-refractivity contribution in [2.75, 3.05) is 0 Å². The largest absolute Gasteiger partial charge is 0.480 e. The van der Waals surface area contributed by atoms with Crippen LogP contribution < -0.4 is 4.74 Å². The molecule has 5 nitrogen and oxygen atoms in total. The summed E-state index contributed by atoms with van der Waals surface area (Å²) in [7, 11) is 0. The Labute approximate surface area is 104 Å². The number of carbonyl (C=O) groups excluding carboxylic acids is 1. The summed E-state index contributed by atoms with van der Waals surface area (Å²) >= 11 is 0. The summed E-state index contributed by atoms with van der Waals surface area (Å²) in [6.45, 7) is 4.68. The Morgan fingerprint density at radius 2 is 2.17 bits per heavy atom. The maximum Gasteiger partial charge on any atom is 0.275 e. The molecule has 6 heteroatoms. The molecule has 0 bridgehead atoms. The van der Waals surface area contributed by atoms with Gasteiger partial charge in [0.15, 0.2) is 23.5 Å². The third-order valence-electron chi connectivity index (χ3n) is 2.55. The van der Waals surface area contributed by atoms with E-state index in [1.54, 1.807) is 6.92 Å². The maximum absolute atomic E-state index is 13.6. The summed E-state index contributed by atoms with van der Waals surface area (Å²) in [5.74, 6) is -1.15. The molecular formula is C12H14FNO4. The number of Topliss-reactive ketones (excluding diaryl/α,β-unsaturated/α-hetero) is 1. The zero-order chi connectivity index (χ0) is 13.9. The van der Waals surface area contributed by atoms with E-state index in [0.717, 1.165) is 6.07 Å². The Kier molecular flexibility index (Phi) is 4.36. The SMILES string of the molecule is CCC(=O)C(C)Oc1cc(C)c([N+](=O)[O-])cc1F. The second-order valence-electron chi connectivity index (χ2n) is 3.91. The Hall–Kier alpha value is -1.98. The lowest BCUT2D eigenvalue weighted by atomic mass is 10.1. The quantitative estimate of drug-likeness (QED) is 0.599. The van der Waals surface area contributed by atoms with Crippen LogP contribution in [-0.4, -0.2) is 16.8 Å². The summed E-state index contributed by atoms with van der Waals surface area (Å²) in [6, 6.07) is 2.03. The lowest BCUT2D eigenvalue weighted by Gasteiger charge is -2.13. The molecule has 18 heavy (non-hydrogen) atoms. The number of carbonyl (C=O) groups is 1. The van der Waals surface area contributed by atoms with Crippen LogP contribution in [0.3, 0.4) is 0 Å². The highest BCUT2D eigenvalue weighted by molar-refractivity contribution is 5.82. The van der Waals surface area contributed by atoms with Crippen molar-refractivity contribution < 1.29 is 18.8 Å². The van der Waals surface area contributed by atoms with Crippen LogP contribution in [0.5, 0.6) is 5.75 Å². The zero-order valence-corrected chi connectivity index (χ0v) is 10.4. The van der Waals surface area contributed by atoms with E-state index in [-0.39, 0.29) is 29.2 Å². The van der Waals surface area contributed by atoms with Gasteiger partial charge in [-0.15, -0.1) is 0 Å². The first-order chi connectivity index (χ1) is 8.36. The number of nitrogens with zero attached hydrogens (tertiary/aromatic N) is 1. The van der Waals surface area contributed by atoms with Crippen LogP contribution >= 0.6 is 0 Å². The van der Waals surface area contributed by atoms with Gasteiger partial charge in [-0.3, -0.25) is 14.9 Å². The molecule has 0 aliphatic heterocycles. The fourth-order valence-corrected chi connectivity index (χ4v) is 1.48. The monoisotopic (exact) mass is 255 g/mol. The van der Waals surface area contributed by atoms with E-state index in [1.165, 1.54) is 19.9 Å². The van der Waals surface area contributed by atoms with Crippen molar-refractivity contribution in [1.29, 1.82) is 0 Å². The number of nitro groups is 1. The topological polar surface area (TPSA) is 69.4 Å². The summed E-state index contributed by atoms with van der Waals surface area (Å²) < 4.78 is 18.7. The van der Waals surface area contributed by atoms with Crippen LogP contribution in [0, 0.1) is 22.9 Å². The molecule has 0 saturated heterocycles. The van der Waals surface area contributed by atoms with Gasteiger partial charge in [0.2, 0.25) is 0 Å². The molecule has 0 aromatic heterocycles. The molecule has 0 radical (unpaired) electrons. The summed E-state index contributed by atoms with van der Waals surface area (Å²) in [4.78, 5) is 21.3. The molecule has 0 N–H and O–H groups in total. The number of benzene rings is 1. The van der Waals surface area contributed by atoms with E-state index in [4.69, 9.17) is 4.74 Å². The number of aryl methyl sites for hydroxylation is 1. The minimum absolute atomic E-state index is 0.146. The lowest BCUT2D eigenvalue weighted by Crippen LogP contribution is -2.23. The number of ether oxygens (including phenoxy) is 1. The van der Waals surface area contributed by atoms with Gasteiger partial charge < -0.3 is 4.74 Å². The molecule has 0 saturated carbocycles. The Morgan fingerprint density at radius 3 is 2.67 bits per heavy atom. The predicted molar refractivity (Wildman–Crippen MR) is 63.2 cm³/mol. The molecule has 1 rings (SSSR count). The summed E-state index contributed by atoms with van der Waals surface area (Å²) in [5, 5.41) is 10.6. The van der Waals surface area contributed by atoms with E-state index in [0.29, 0.717) is 0 Å². The molecule has 0 spiro atoms. The highest BCUT2D eigenvalue weighted by Crippen LogP contribution is 2.27. The van der Waals surface area contributed by atoms with Crippen molar-refractivity contribution in [3.05, 3.63) is 33.6 Å². The van der Waals surface area contributed by atoms with E-state index >= 15 is 0 Å². The second-order valence-corrected chi connectivity index (χ2v) is 3.91. The smallest absolute Gasteiger partial charge is 0.275 e. The number of nitro benzene ring substituents is 1. The Balaban J connectivity index is 3.02. The third kappa shape index (κ3) is 3.03. The lowest BCUT2D eigenvalue weighted by molar-refractivity contribution is -0.385. The Bertz CT molecular complexity index is 487. The average Bonchev–Trinajstić information content (AvgIpc) is 2.31. The van der Waals surface area contributed by atoms with Crippen molar-refractivity contribution in [1.82, 2.24) is 0 Å². The maximum atomic E-state index is 13.6. The molecule has 0 fully saturated rings. The van der Waals surface area contributed by atoms with Crippen LogP contribution in [0.2, 0.25) is 0 Å². The summed E-state index contributed by atoms with van der Waals surface area (Å²) in [5.41, 5.74) is -0.0260. The van der Waals surface area contributed by atoms with Crippen LogP contribution in [0.15, 0.2) is 12.1 Å². The van der Waals surface area contributed by atoms with Crippen LogP contribution in [0.1, 0.15) is 25.8 Å². The molecule has 1 aromatic carbocycles. The zero-order valence-electron chi connectivity index (χ0n) is 10.4. The second kappa shape index (κ2) is 5.57. The molecule has 0 aliphatic carbocycles. The van der Waals surface area contributed by atoms with Crippen LogP contribution in [0.4, 0.5) is 10.1 Å². The van der Waals surface area contributed by atoms with Gasteiger partial charge in [0.1, 0.15) is 0 Å². The molecule has 1 atom stereocenters. The molecule has 1 aromatic rings. The minimum atomic E-state index is -0.844. The van der Waals surface area contributed by atoms with E-state index < -0.39 is 16.8 Å². The van der Waals surface area contributed by atoms with Crippen molar-refractivity contribution in [3.8, 4) is 5.75 Å². The third-order valence-corrected chi connectivity index (χ3v) is 2.55. The molecule has 98 valence electrons. The van der Waals surface area contributed by atoms with Crippen molar-refractivity contribution in [2.45, 2.75) is 33.3 Å². The molecule has 0 aliphatic rings. The molecule has 0 heterocycles. The van der Waals surface area contributed by atoms with Gasteiger partial charge >= 0.3 is 0 Å². The van der Waals surface area contributed by atoms with E-state index in [1.807, 2.05) is 0 Å². The number of ketones is 1. The van der Waals surface area contributed by atoms with Gasteiger partial charge in [0.05, 0.1) is 11.0 Å². The predicted octanol–water partition coefficient (Wildman–Crippen LogP) is 2.79. The first-order valence-electron chi connectivity index (χ1n) is 5.50. The van der Waals surface area contributed by atoms with E-state index in [9.17, 15) is 19.3 Å². The van der Waals surface area contributed by atoms with Crippen molar-refractivity contribution in [3.63, 3.8) is 0 Å². The number of rotatable bonds is 5. The molecule has 0 amide bonds. The molecular weight excluding hydrogens is 241 g/mol. The van der Waals surface area contributed by atoms with Crippen molar-refractivity contribution in [2.24, 2.45) is 0 Å². The highest BCUT2D eigenvalue weighted by atomic mass is 19.1. The van der Waals surface area contributed by atoms with Crippen LogP contribution in [0.25, 0.3) is 0 Å². The Morgan fingerprint density at radius 1 is 1.56 bits per heavy atom. The van der Waals surface area contributed by atoms with Gasteiger partial charge in [-0.05, 0) is 19.9 Å². The highest BCUT2D eigenvalue weighted by Gasteiger charge is 2.19. The minimum Gasteiger partial charge on any atom is -0.480 e. The van der Waals surface area contributed by atoms with Gasteiger partial charge in [-0.1, -0.05) is 6.92 Å². The van der Waals surface area contributed by atoms with Gasteiger partial charge in [0.25, 0.3) is 5.69 Å². The fourth-order valence-electron chi connectivity index (χ4n) is 1.48. The van der Waals surface area contributed by atoms with Gasteiger partial charge in [-0.25, -0.2) is 4.39 Å². The standard InChI is InChI=1S/C12H14FNO4/c1-4-11(15)8(3)18-12-5-7(2)10(14(16)17)6-9(12)13/h5-6,8H,4H2,1-3H3. The average molecular weight is 255 g/mol. The van der Waals surface area contributed by atoms with E-state index in [2.05, 4.69) is 0 Å². The number of hydrogen-bond donors (Lipinski definition) is 0. The number of halogens is 1. The van der Waals surface area contributed by atoms with Crippen LogP contribution in [-0.2, 0) is 4.79 Å². The molecule has 1 unspecified atom stereocenters.